The predicted octanol–water partition coefficient (Wildman–Crippen LogP) is 2.02. The molecule has 2 aromatic heterocycles. The Hall–Kier alpha value is -1.79. The molecule has 94 valence electrons. The van der Waals surface area contributed by atoms with Gasteiger partial charge in [0.05, 0.1) is 15.8 Å². The van der Waals surface area contributed by atoms with E-state index in [1.807, 2.05) is 0 Å². The van der Waals surface area contributed by atoms with E-state index in [0.29, 0.717) is 15.0 Å². The minimum atomic E-state index is -0.641. The molecule has 0 aromatic carbocycles. The second-order valence-corrected chi connectivity index (χ2v) is 5.13. The first-order chi connectivity index (χ1) is 8.56. The maximum atomic E-state index is 11.7. The first kappa shape index (κ1) is 12.7. The molecule has 2 aromatic rings. The molecule has 0 saturated carbocycles. The molecule has 0 aliphatic heterocycles. The normalized spacial score (nSPS) is 10.3. The maximum absolute atomic E-state index is 11.7. The van der Waals surface area contributed by atoms with Gasteiger partial charge in [0.2, 0.25) is 0 Å². The number of hydrogen-bond acceptors (Lipinski definition) is 4. The smallest absolute Gasteiger partial charge is 0.284 e. The standard InChI is InChI=1S/C11H9ClN2O3S/c12-9-4-3-8(18-9)11(16)14-5-6-1-2-7(17-6)10(13)15/h1-4H,5H2,(H2,13,15)(H,14,16). The van der Waals surface area contributed by atoms with E-state index < -0.39 is 5.91 Å². The lowest BCUT2D eigenvalue weighted by Gasteiger charge is -2.00. The Balaban J connectivity index is 1.95. The molecule has 3 N–H and O–H groups in total. The van der Waals surface area contributed by atoms with Crippen LogP contribution in [0.1, 0.15) is 26.0 Å². The molecule has 2 amide bonds. The molecular weight excluding hydrogens is 276 g/mol. The van der Waals surface area contributed by atoms with Gasteiger partial charge in [-0.25, -0.2) is 0 Å². The highest BCUT2D eigenvalue weighted by Crippen LogP contribution is 2.21. The van der Waals surface area contributed by atoms with Gasteiger partial charge in [0, 0.05) is 0 Å². The Morgan fingerprint density at radius 1 is 1.33 bits per heavy atom. The van der Waals surface area contributed by atoms with Crippen molar-refractivity contribution in [3.8, 4) is 0 Å². The number of carbonyl (C=O) groups excluding carboxylic acids is 2. The molecule has 0 atom stereocenters. The van der Waals surface area contributed by atoms with Crippen LogP contribution in [-0.4, -0.2) is 11.8 Å². The second-order valence-electron chi connectivity index (χ2n) is 3.42. The second kappa shape index (κ2) is 5.24. The average Bonchev–Trinajstić information content (AvgIpc) is 2.94. The molecule has 0 bridgehead atoms. The topological polar surface area (TPSA) is 85.3 Å². The van der Waals surface area contributed by atoms with Crippen LogP contribution >= 0.6 is 22.9 Å². The predicted molar refractivity (Wildman–Crippen MR) is 67.7 cm³/mol. The Kier molecular flexibility index (Phi) is 3.69. The van der Waals surface area contributed by atoms with E-state index in [9.17, 15) is 9.59 Å². The first-order valence-electron chi connectivity index (χ1n) is 4.98. The van der Waals surface area contributed by atoms with Crippen molar-refractivity contribution in [1.82, 2.24) is 5.32 Å². The third kappa shape index (κ3) is 2.91. The van der Waals surface area contributed by atoms with E-state index >= 15 is 0 Å². The summed E-state index contributed by atoms with van der Waals surface area (Å²) in [5.41, 5.74) is 5.04. The molecule has 0 saturated heterocycles. The van der Waals surface area contributed by atoms with Crippen LogP contribution in [0.2, 0.25) is 4.34 Å². The summed E-state index contributed by atoms with van der Waals surface area (Å²) in [4.78, 5) is 23.0. The molecule has 2 rings (SSSR count). The van der Waals surface area contributed by atoms with Gasteiger partial charge in [-0.15, -0.1) is 11.3 Å². The summed E-state index contributed by atoms with van der Waals surface area (Å²) in [5.74, 6) is -0.361. The van der Waals surface area contributed by atoms with Crippen molar-refractivity contribution in [3.63, 3.8) is 0 Å². The molecule has 18 heavy (non-hydrogen) atoms. The SMILES string of the molecule is NC(=O)c1ccc(CNC(=O)c2ccc(Cl)s2)o1. The van der Waals surface area contributed by atoms with Gasteiger partial charge < -0.3 is 15.5 Å². The fourth-order valence-corrected chi connectivity index (χ4v) is 2.26. The van der Waals surface area contributed by atoms with E-state index in [1.54, 1.807) is 18.2 Å². The lowest BCUT2D eigenvalue weighted by Crippen LogP contribution is -2.21. The van der Waals surface area contributed by atoms with Gasteiger partial charge in [-0.3, -0.25) is 9.59 Å². The van der Waals surface area contributed by atoms with Gasteiger partial charge in [-0.1, -0.05) is 11.6 Å². The van der Waals surface area contributed by atoms with Gasteiger partial charge >= 0.3 is 0 Å². The fourth-order valence-electron chi connectivity index (χ4n) is 1.30. The van der Waals surface area contributed by atoms with Crippen molar-refractivity contribution < 1.29 is 14.0 Å². The molecule has 5 nitrogen and oxygen atoms in total. The van der Waals surface area contributed by atoms with Gasteiger partial charge in [-0.05, 0) is 24.3 Å². The largest absolute Gasteiger partial charge is 0.454 e. The van der Waals surface area contributed by atoms with Crippen LogP contribution in [0.5, 0.6) is 0 Å². The number of amides is 2. The summed E-state index contributed by atoms with van der Waals surface area (Å²) >= 11 is 6.92. The van der Waals surface area contributed by atoms with E-state index in [1.165, 1.54) is 17.4 Å². The zero-order valence-corrected chi connectivity index (χ0v) is 10.7. The maximum Gasteiger partial charge on any atom is 0.284 e. The van der Waals surface area contributed by atoms with Gasteiger partial charge in [0.1, 0.15) is 5.76 Å². The number of nitrogens with one attached hydrogen (secondary N) is 1. The van der Waals surface area contributed by atoms with Crippen LogP contribution in [0, 0.1) is 0 Å². The van der Waals surface area contributed by atoms with E-state index in [2.05, 4.69) is 5.32 Å². The summed E-state index contributed by atoms with van der Waals surface area (Å²) in [6.07, 6.45) is 0. The Labute approximate surface area is 112 Å². The highest BCUT2D eigenvalue weighted by atomic mass is 35.5. The van der Waals surface area contributed by atoms with Crippen molar-refractivity contribution in [2.45, 2.75) is 6.54 Å². The highest BCUT2D eigenvalue weighted by Gasteiger charge is 2.10. The molecule has 0 radical (unpaired) electrons. The van der Waals surface area contributed by atoms with Gasteiger partial charge in [0.15, 0.2) is 5.76 Å². The summed E-state index contributed by atoms with van der Waals surface area (Å²) < 4.78 is 5.67. The number of furan rings is 1. The number of carbonyl (C=O) groups is 2. The summed E-state index contributed by atoms with van der Waals surface area (Å²) in [6.45, 7) is 0.182. The molecule has 0 unspecified atom stereocenters. The van der Waals surface area contributed by atoms with E-state index in [0.717, 1.165) is 0 Å². The molecular formula is C11H9ClN2O3S. The Bertz CT molecular complexity index is 591. The monoisotopic (exact) mass is 284 g/mol. The van der Waals surface area contributed by atoms with E-state index in [-0.39, 0.29) is 18.2 Å². The van der Waals surface area contributed by atoms with E-state index in [4.69, 9.17) is 21.8 Å². The van der Waals surface area contributed by atoms with Crippen LogP contribution in [0.3, 0.4) is 0 Å². The van der Waals surface area contributed by atoms with Crippen LogP contribution in [-0.2, 0) is 6.54 Å². The van der Waals surface area contributed by atoms with Crippen molar-refractivity contribution in [1.29, 1.82) is 0 Å². The van der Waals surface area contributed by atoms with Crippen LogP contribution in [0.25, 0.3) is 0 Å². The number of hydrogen-bond donors (Lipinski definition) is 2. The quantitative estimate of drug-likeness (QED) is 0.901. The highest BCUT2D eigenvalue weighted by molar-refractivity contribution is 7.17. The molecule has 7 heteroatoms. The summed E-state index contributed by atoms with van der Waals surface area (Å²) in [5, 5.41) is 2.65. The summed E-state index contributed by atoms with van der Waals surface area (Å²) in [6, 6.07) is 6.34. The minimum Gasteiger partial charge on any atom is -0.454 e. The molecule has 0 spiro atoms. The van der Waals surface area contributed by atoms with Gasteiger partial charge in [-0.2, -0.15) is 0 Å². The third-order valence-corrected chi connectivity index (χ3v) is 3.35. The average molecular weight is 285 g/mol. The van der Waals surface area contributed by atoms with Crippen molar-refractivity contribution in [3.05, 3.63) is 45.0 Å². The number of nitrogens with two attached hydrogens (primary N) is 1. The molecule has 2 heterocycles. The number of thiophene rings is 1. The minimum absolute atomic E-state index is 0.0680. The first-order valence-corrected chi connectivity index (χ1v) is 6.18. The lowest BCUT2D eigenvalue weighted by atomic mass is 10.4. The van der Waals surface area contributed by atoms with Gasteiger partial charge in [0.25, 0.3) is 11.8 Å². The number of halogens is 1. The van der Waals surface area contributed by atoms with Crippen molar-refractivity contribution >= 4 is 34.8 Å². The van der Waals surface area contributed by atoms with Crippen molar-refractivity contribution in [2.24, 2.45) is 5.73 Å². The Morgan fingerprint density at radius 3 is 2.67 bits per heavy atom. The third-order valence-electron chi connectivity index (χ3n) is 2.12. The zero-order valence-electron chi connectivity index (χ0n) is 9.10. The molecule has 0 aliphatic carbocycles. The summed E-state index contributed by atoms with van der Waals surface area (Å²) in [7, 11) is 0. The van der Waals surface area contributed by atoms with Crippen LogP contribution in [0.4, 0.5) is 0 Å². The number of rotatable bonds is 4. The lowest BCUT2D eigenvalue weighted by molar-refractivity contribution is 0.0952. The zero-order chi connectivity index (χ0) is 13.1. The Morgan fingerprint density at radius 2 is 2.11 bits per heavy atom. The fraction of sp³-hybridized carbons (Fsp3) is 0.0909. The van der Waals surface area contributed by atoms with Crippen molar-refractivity contribution in [2.75, 3.05) is 0 Å². The van der Waals surface area contributed by atoms with Crippen LogP contribution < -0.4 is 11.1 Å². The molecule has 0 aliphatic rings. The molecule has 0 fully saturated rings. The van der Waals surface area contributed by atoms with Crippen LogP contribution in [0.15, 0.2) is 28.7 Å². The number of primary amides is 1.